The molecule has 3 aliphatic heterocycles. The largest absolute Gasteiger partial charge is 0.464 e. The van der Waals surface area contributed by atoms with E-state index < -0.39 is 48.2 Å². The predicted octanol–water partition coefficient (Wildman–Crippen LogP) is 8.64. The fraction of sp³-hybridized carbons (Fsp3) is 0.440. The number of alkyl carbamates (subject to hydrolysis) is 2. The average Bonchev–Trinajstić information content (AvgIpc) is 4.22. The Kier molecular flexibility index (Phi) is 13.7. The SMILES string of the molecule is COCCc1ccc(C2Oc3cc(-c4cnc([C@@H]5CCCN5C(=O)[C@@H](NC(=O)OC)C(C)C)[nH]4)cc(F)c3-c3c(F)c4cc(-c5cnc([C@@H]6CCCN6C(=O)[C@@H](NC(=O)OC)C(C)C)[nH]5)ccc4n32)s1. The summed E-state index contributed by atoms with van der Waals surface area (Å²) in [5, 5.41) is 5.58. The molecule has 9 rings (SSSR count). The number of amides is 4. The van der Waals surface area contributed by atoms with E-state index in [4.69, 9.17) is 18.9 Å². The third kappa shape index (κ3) is 8.98. The van der Waals surface area contributed by atoms with Crippen LogP contribution in [-0.4, -0.2) is 111 Å². The van der Waals surface area contributed by atoms with E-state index >= 15 is 8.78 Å². The highest BCUT2D eigenvalue weighted by atomic mass is 32.1. The Hall–Kier alpha value is -6.80. The highest BCUT2D eigenvalue weighted by Gasteiger charge is 2.40. The molecule has 4 aromatic heterocycles. The number of H-pyrrole nitrogens is 2. The number of benzene rings is 2. The molecule has 0 radical (unpaired) electrons. The summed E-state index contributed by atoms with van der Waals surface area (Å²) in [7, 11) is 4.14. The summed E-state index contributed by atoms with van der Waals surface area (Å²) in [4.78, 5) is 73.2. The molecule has 70 heavy (non-hydrogen) atoms. The molecule has 7 heterocycles. The maximum absolute atomic E-state index is 17.4. The normalized spacial score (nSPS) is 18.5. The summed E-state index contributed by atoms with van der Waals surface area (Å²) in [5.74, 6) is -1.02. The van der Waals surface area contributed by atoms with Crippen LogP contribution in [0.3, 0.4) is 0 Å². The second-order valence-electron chi connectivity index (χ2n) is 18.6. The van der Waals surface area contributed by atoms with Crippen LogP contribution < -0.4 is 15.4 Å². The molecule has 17 nitrogen and oxygen atoms in total. The standard InChI is InChI=1S/C50H57F2N9O8S/c1-25(2)41(57-49(64)67-6)46(62)59-17-8-10-35(59)44-53-23-32(55-44)27-12-14-34-30(20-27)40(52)43-39-31(51)21-28(22-37(39)69-48(61(34)43)38-15-13-29(70-38)16-19-66-5)33-24-54-45(56-33)36-11-9-18-60(36)47(63)42(26(3)4)58-50(65)68-7/h12-15,20-26,35-36,41-42,48H,8-11,16-19H2,1-7H3,(H,53,55)(H,54,56)(H,57,64)(H,58,65)/t35-,36-,41-,42-,48?/m0/s1. The Morgan fingerprint density at radius 3 is 1.94 bits per heavy atom. The van der Waals surface area contributed by atoms with Crippen LogP contribution in [0.5, 0.6) is 5.75 Å². The molecule has 0 bridgehead atoms. The second kappa shape index (κ2) is 19.9. The van der Waals surface area contributed by atoms with Crippen LogP contribution in [0, 0.1) is 23.5 Å². The summed E-state index contributed by atoms with van der Waals surface area (Å²) in [6.07, 6.45) is 4.39. The highest BCUT2D eigenvalue weighted by Crippen LogP contribution is 2.50. The number of aromatic nitrogens is 5. The number of fused-ring (bicyclic) bond motifs is 5. The molecule has 0 spiro atoms. The Bertz CT molecular complexity index is 2940. The van der Waals surface area contributed by atoms with Gasteiger partial charge in [-0.15, -0.1) is 11.3 Å². The first kappa shape index (κ1) is 48.2. The third-order valence-corrected chi connectivity index (χ3v) is 14.7. The minimum atomic E-state index is -0.868. The molecule has 1 unspecified atom stereocenters. The molecule has 4 amide bonds. The molecule has 370 valence electrons. The molecular formula is C50H57F2N9O8S. The van der Waals surface area contributed by atoms with Gasteiger partial charge in [-0.25, -0.2) is 28.3 Å². The lowest BCUT2D eigenvalue weighted by Gasteiger charge is -2.30. The van der Waals surface area contributed by atoms with Crippen molar-refractivity contribution in [3.05, 3.63) is 87.9 Å². The highest BCUT2D eigenvalue weighted by molar-refractivity contribution is 7.12. The average molecular weight is 982 g/mol. The van der Waals surface area contributed by atoms with Gasteiger partial charge in [0.15, 0.2) is 5.82 Å². The fourth-order valence-corrected chi connectivity index (χ4v) is 10.9. The van der Waals surface area contributed by atoms with Crippen molar-refractivity contribution in [3.8, 4) is 39.5 Å². The fourth-order valence-electron chi connectivity index (χ4n) is 9.89. The third-order valence-electron chi connectivity index (χ3n) is 13.5. The van der Waals surface area contributed by atoms with Gasteiger partial charge in [-0.2, -0.15) is 0 Å². The van der Waals surface area contributed by atoms with Crippen LogP contribution in [0.1, 0.15) is 93.1 Å². The molecule has 2 fully saturated rings. The molecule has 5 atom stereocenters. The summed E-state index contributed by atoms with van der Waals surface area (Å²) in [5.41, 5.74) is 2.59. The number of nitrogens with one attached hydrogen (secondary N) is 4. The number of carbonyl (C=O) groups is 4. The van der Waals surface area contributed by atoms with E-state index in [0.717, 1.165) is 22.6 Å². The van der Waals surface area contributed by atoms with Gasteiger partial charge >= 0.3 is 12.2 Å². The predicted molar refractivity (Wildman–Crippen MR) is 257 cm³/mol. The minimum absolute atomic E-state index is 0.0330. The minimum Gasteiger partial charge on any atom is -0.464 e. The van der Waals surface area contributed by atoms with Gasteiger partial charge in [-0.05, 0) is 73.9 Å². The number of carbonyl (C=O) groups excluding carboxylic acids is 4. The zero-order chi connectivity index (χ0) is 49.5. The van der Waals surface area contributed by atoms with E-state index in [0.29, 0.717) is 78.6 Å². The lowest BCUT2D eigenvalue weighted by atomic mass is 10.0. The van der Waals surface area contributed by atoms with E-state index in [1.807, 2.05) is 45.9 Å². The number of aromatic amines is 2. The number of methoxy groups -OCH3 is 3. The second-order valence-corrected chi connectivity index (χ2v) is 19.8. The van der Waals surface area contributed by atoms with E-state index in [1.54, 1.807) is 52.1 Å². The first-order valence-corrected chi connectivity index (χ1v) is 24.3. The molecule has 6 aromatic rings. The number of nitrogens with zero attached hydrogens (tertiary/aromatic N) is 5. The molecule has 0 saturated carbocycles. The van der Waals surface area contributed by atoms with Gasteiger partial charge in [0.1, 0.15) is 35.3 Å². The van der Waals surface area contributed by atoms with Crippen LogP contribution in [0.4, 0.5) is 18.4 Å². The number of hydrogen-bond acceptors (Lipinski definition) is 11. The van der Waals surface area contributed by atoms with Crippen LogP contribution >= 0.6 is 11.3 Å². The number of halogens is 2. The molecule has 20 heteroatoms. The number of imidazole rings is 2. The Labute approximate surface area is 407 Å². The summed E-state index contributed by atoms with van der Waals surface area (Å²) >= 11 is 1.50. The van der Waals surface area contributed by atoms with Gasteiger partial charge in [0.05, 0.1) is 78.3 Å². The molecule has 2 saturated heterocycles. The Morgan fingerprint density at radius 1 is 0.800 bits per heavy atom. The molecule has 3 aliphatic rings. The molecule has 0 aliphatic carbocycles. The Balaban J connectivity index is 1.05. The van der Waals surface area contributed by atoms with Crippen molar-refractivity contribution in [1.82, 2.24) is 44.9 Å². The molecule has 2 aromatic carbocycles. The lowest BCUT2D eigenvalue weighted by molar-refractivity contribution is -0.136. The van der Waals surface area contributed by atoms with Crippen molar-refractivity contribution in [2.75, 3.05) is 41.0 Å². The van der Waals surface area contributed by atoms with E-state index in [-0.39, 0.29) is 52.1 Å². The van der Waals surface area contributed by atoms with E-state index in [2.05, 4.69) is 30.6 Å². The zero-order valence-electron chi connectivity index (χ0n) is 40.1. The van der Waals surface area contributed by atoms with Gasteiger partial charge in [-0.1, -0.05) is 33.8 Å². The number of likely N-dealkylation sites (tertiary alicyclic amines) is 2. The van der Waals surface area contributed by atoms with Gasteiger partial charge in [-0.3, -0.25) is 14.2 Å². The van der Waals surface area contributed by atoms with Crippen LogP contribution in [0.25, 0.3) is 44.7 Å². The number of thiophene rings is 1. The number of hydrogen-bond donors (Lipinski definition) is 4. The van der Waals surface area contributed by atoms with Crippen molar-refractivity contribution < 1.29 is 46.9 Å². The quantitative estimate of drug-likeness (QED) is 0.0820. The molecule has 4 N–H and O–H groups in total. The van der Waals surface area contributed by atoms with Gasteiger partial charge in [0.25, 0.3) is 0 Å². The Morgan fingerprint density at radius 2 is 1.39 bits per heavy atom. The number of rotatable bonds is 14. The van der Waals surface area contributed by atoms with Crippen LogP contribution in [0.15, 0.2) is 54.9 Å². The first-order chi connectivity index (χ1) is 33.7. The van der Waals surface area contributed by atoms with E-state index in [9.17, 15) is 19.2 Å². The van der Waals surface area contributed by atoms with Crippen molar-refractivity contribution in [2.45, 2.75) is 90.2 Å². The smallest absolute Gasteiger partial charge is 0.407 e. The van der Waals surface area contributed by atoms with Crippen molar-refractivity contribution in [1.29, 1.82) is 0 Å². The van der Waals surface area contributed by atoms with Crippen LogP contribution in [-0.2, 0) is 30.2 Å². The topological polar surface area (TPSA) is 198 Å². The summed E-state index contributed by atoms with van der Waals surface area (Å²) < 4.78 is 57.7. The van der Waals surface area contributed by atoms with E-state index in [1.165, 1.54) is 31.6 Å². The summed E-state index contributed by atoms with van der Waals surface area (Å²) in [6.45, 7) is 8.87. The van der Waals surface area contributed by atoms with Crippen molar-refractivity contribution >= 4 is 46.2 Å². The lowest BCUT2D eigenvalue weighted by Crippen LogP contribution is -2.51. The number of ether oxygens (including phenoxy) is 4. The van der Waals surface area contributed by atoms with Gasteiger partial charge < -0.3 is 49.3 Å². The molecular weight excluding hydrogens is 925 g/mol. The van der Waals surface area contributed by atoms with Crippen LogP contribution in [0.2, 0.25) is 0 Å². The van der Waals surface area contributed by atoms with Crippen molar-refractivity contribution in [2.24, 2.45) is 11.8 Å². The van der Waals surface area contributed by atoms with Gasteiger partial charge in [0.2, 0.25) is 18.0 Å². The summed E-state index contributed by atoms with van der Waals surface area (Å²) in [6, 6.07) is 9.88. The van der Waals surface area contributed by atoms with Crippen molar-refractivity contribution in [3.63, 3.8) is 0 Å². The maximum Gasteiger partial charge on any atom is 0.407 e. The first-order valence-electron chi connectivity index (χ1n) is 23.5. The maximum atomic E-state index is 17.4. The zero-order valence-corrected chi connectivity index (χ0v) is 40.9. The monoisotopic (exact) mass is 981 g/mol. The van der Waals surface area contributed by atoms with Gasteiger partial charge in [0, 0.05) is 48.0 Å².